The Kier molecular flexibility index (Phi) is 35.0. The molecule has 15 heteroatoms. The van der Waals surface area contributed by atoms with Gasteiger partial charge in [-0.05, 0) is 44.9 Å². The standard InChI is InChI=1S/C51H90O15/c1-3-5-7-9-11-13-15-17-19-21-23-25-27-29-31-33-42(53)61-36-39(64-43(54)34-32-30-28-26-24-22-20-18-16-14-12-10-8-6-4-2)37-62-50-49(60)47(58)45(56)41(66-50)38-63-51-48(59)46(57)44(55)40(35-52)65-51/h21,23,28,30,32,34,39-41,44-52,55-60H,3-20,22,24-27,29,31,33,35-38H2,1-2H3/b23-21+,30-28+,34-32+/t39-,40-,41-,44+,45+,46?,47?,48?,49?,50-,51-/m1/s1. The van der Waals surface area contributed by atoms with Gasteiger partial charge >= 0.3 is 11.9 Å². The number of rotatable bonds is 39. The molecule has 0 aromatic heterocycles. The highest BCUT2D eigenvalue weighted by atomic mass is 16.7. The fraction of sp³-hybridized carbons (Fsp3) is 0.843. The van der Waals surface area contributed by atoms with Crippen molar-refractivity contribution in [2.75, 3.05) is 26.4 Å². The second kappa shape index (κ2) is 38.6. The zero-order valence-corrected chi connectivity index (χ0v) is 40.4. The number of aliphatic hydroxyl groups is 7. The average Bonchev–Trinajstić information content (AvgIpc) is 3.31. The quantitative estimate of drug-likeness (QED) is 0.0109. The molecular weight excluding hydrogens is 853 g/mol. The van der Waals surface area contributed by atoms with E-state index in [1.165, 1.54) is 115 Å². The van der Waals surface area contributed by atoms with E-state index >= 15 is 0 Å². The number of carbonyl (C=O) groups excluding carboxylic acids is 2. The Bertz CT molecular complexity index is 1290. The molecule has 0 saturated carbocycles. The van der Waals surface area contributed by atoms with E-state index in [0.29, 0.717) is 6.42 Å². The second-order valence-corrected chi connectivity index (χ2v) is 18.1. The lowest BCUT2D eigenvalue weighted by Crippen LogP contribution is -2.61. The third kappa shape index (κ3) is 26.5. The Balaban J connectivity index is 1.85. The predicted molar refractivity (Wildman–Crippen MR) is 252 cm³/mol. The largest absolute Gasteiger partial charge is 0.462 e. The molecule has 0 bridgehead atoms. The van der Waals surface area contributed by atoms with E-state index in [0.717, 1.165) is 44.9 Å². The van der Waals surface area contributed by atoms with Gasteiger partial charge in [0.15, 0.2) is 18.7 Å². The molecule has 15 nitrogen and oxygen atoms in total. The third-order valence-electron chi connectivity index (χ3n) is 12.2. The minimum atomic E-state index is -1.78. The van der Waals surface area contributed by atoms with Gasteiger partial charge in [0.25, 0.3) is 0 Å². The van der Waals surface area contributed by atoms with Crippen LogP contribution in [0.15, 0.2) is 36.5 Å². The molecule has 66 heavy (non-hydrogen) atoms. The molecule has 0 spiro atoms. The molecule has 2 saturated heterocycles. The lowest BCUT2D eigenvalue weighted by Gasteiger charge is -2.42. The molecule has 11 atom stereocenters. The molecule has 0 radical (unpaired) electrons. The number of carbonyl (C=O) groups is 2. The van der Waals surface area contributed by atoms with Crippen molar-refractivity contribution in [3.8, 4) is 0 Å². The number of unbranched alkanes of at least 4 members (excludes halogenated alkanes) is 22. The molecule has 2 rings (SSSR count). The van der Waals surface area contributed by atoms with Crippen molar-refractivity contribution in [3.05, 3.63) is 36.5 Å². The number of aliphatic hydroxyl groups excluding tert-OH is 7. The highest BCUT2D eigenvalue weighted by Gasteiger charge is 2.47. The smallest absolute Gasteiger partial charge is 0.331 e. The Labute approximate surface area is 395 Å². The molecule has 2 fully saturated rings. The maximum Gasteiger partial charge on any atom is 0.331 e. The van der Waals surface area contributed by atoms with E-state index in [-0.39, 0.29) is 13.0 Å². The normalized spacial score (nSPS) is 26.4. The van der Waals surface area contributed by atoms with Crippen LogP contribution in [0, 0.1) is 0 Å². The number of allylic oxidation sites excluding steroid dienone is 5. The zero-order valence-electron chi connectivity index (χ0n) is 40.4. The van der Waals surface area contributed by atoms with E-state index in [4.69, 9.17) is 28.4 Å². The average molecular weight is 943 g/mol. The molecule has 2 heterocycles. The number of esters is 2. The van der Waals surface area contributed by atoms with Crippen molar-refractivity contribution in [1.29, 1.82) is 0 Å². The molecule has 384 valence electrons. The first-order chi connectivity index (χ1) is 32.0. The maximum absolute atomic E-state index is 12.9. The first-order valence-electron chi connectivity index (χ1n) is 25.6. The van der Waals surface area contributed by atoms with Crippen LogP contribution in [-0.2, 0) is 38.0 Å². The summed E-state index contributed by atoms with van der Waals surface area (Å²) in [5, 5.41) is 72.0. The fourth-order valence-corrected chi connectivity index (χ4v) is 7.94. The molecule has 7 N–H and O–H groups in total. The first-order valence-corrected chi connectivity index (χ1v) is 25.6. The van der Waals surface area contributed by atoms with Gasteiger partial charge in [-0.3, -0.25) is 4.79 Å². The van der Waals surface area contributed by atoms with Crippen LogP contribution in [0.5, 0.6) is 0 Å². The molecule has 0 aliphatic carbocycles. The molecule has 0 amide bonds. The Morgan fingerprint density at radius 3 is 1.50 bits per heavy atom. The fourth-order valence-electron chi connectivity index (χ4n) is 7.94. The van der Waals surface area contributed by atoms with Gasteiger partial charge in [-0.15, -0.1) is 0 Å². The lowest BCUT2D eigenvalue weighted by molar-refractivity contribution is -0.332. The van der Waals surface area contributed by atoms with E-state index in [9.17, 15) is 45.3 Å². The summed E-state index contributed by atoms with van der Waals surface area (Å²) in [5.74, 6) is -1.19. The highest BCUT2D eigenvalue weighted by molar-refractivity contribution is 5.82. The summed E-state index contributed by atoms with van der Waals surface area (Å²) in [4.78, 5) is 25.6. The molecule has 2 aliphatic heterocycles. The van der Waals surface area contributed by atoms with Gasteiger partial charge in [-0.1, -0.05) is 160 Å². The molecule has 4 unspecified atom stereocenters. The molecule has 2 aliphatic rings. The summed E-state index contributed by atoms with van der Waals surface area (Å²) in [5.41, 5.74) is 0. The van der Waals surface area contributed by atoms with Crippen LogP contribution < -0.4 is 0 Å². The van der Waals surface area contributed by atoms with Gasteiger partial charge in [-0.25, -0.2) is 4.79 Å². The van der Waals surface area contributed by atoms with E-state index in [2.05, 4.69) is 26.0 Å². The Hall–Kier alpha value is -2.28. The van der Waals surface area contributed by atoms with Gasteiger partial charge in [0.05, 0.1) is 19.8 Å². The third-order valence-corrected chi connectivity index (χ3v) is 12.2. The van der Waals surface area contributed by atoms with Crippen LogP contribution in [0.25, 0.3) is 0 Å². The number of hydrogen-bond acceptors (Lipinski definition) is 15. The maximum atomic E-state index is 12.9. The number of hydrogen-bond donors (Lipinski definition) is 7. The van der Waals surface area contributed by atoms with Crippen molar-refractivity contribution in [1.82, 2.24) is 0 Å². The first kappa shape index (κ1) is 59.8. The monoisotopic (exact) mass is 943 g/mol. The number of ether oxygens (including phenoxy) is 6. The Morgan fingerprint density at radius 2 is 0.970 bits per heavy atom. The van der Waals surface area contributed by atoms with Crippen LogP contribution in [0.3, 0.4) is 0 Å². The van der Waals surface area contributed by atoms with Gasteiger partial charge in [0.2, 0.25) is 0 Å². The summed E-state index contributed by atoms with van der Waals surface area (Å²) in [6.07, 6.45) is 23.8. The topological polar surface area (TPSA) is 231 Å². The SMILES string of the molecule is CCCCCCCCCC/C=C/CCCCCC(=O)OC[C@H](CO[C@@H]1O[C@H](CO[C@@H]2O[C@H](CO)[C@H](O)C(O)C2O)[C@H](O)C(O)C1O)OC(=O)/C=C/C=C/CCCCCCCCCCCCC. The van der Waals surface area contributed by atoms with E-state index in [1.807, 2.05) is 6.08 Å². The van der Waals surface area contributed by atoms with Crippen molar-refractivity contribution in [2.45, 2.75) is 248 Å². The zero-order chi connectivity index (χ0) is 48.2. The van der Waals surface area contributed by atoms with Crippen LogP contribution in [0.2, 0.25) is 0 Å². The second-order valence-electron chi connectivity index (χ2n) is 18.1. The minimum Gasteiger partial charge on any atom is -0.462 e. The van der Waals surface area contributed by atoms with E-state index < -0.39 is 99.3 Å². The van der Waals surface area contributed by atoms with Crippen molar-refractivity contribution < 1.29 is 73.8 Å². The Morgan fingerprint density at radius 1 is 0.515 bits per heavy atom. The van der Waals surface area contributed by atoms with Gasteiger partial charge in [0.1, 0.15) is 55.4 Å². The molecule has 0 aromatic rings. The summed E-state index contributed by atoms with van der Waals surface area (Å²) in [6, 6.07) is 0. The summed E-state index contributed by atoms with van der Waals surface area (Å²) >= 11 is 0. The molecular formula is C51H90O15. The molecule has 0 aromatic carbocycles. The van der Waals surface area contributed by atoms with Crippen LogP contribution in [0.1, 0.15) is 181 Å². The van der Waals surface area contributed by atoms with Gasteiger partial charge in [0, 0.05) is 12.5 Å². The van der Waals surface area contributed by atoms with E-state index in [1.54, 1.807) is 12.2 Å². The van der Waals surface area contributed by atoms with Gasteiger partial charge in [-0.2, -0.15) is 0 Å². The van der Waals surface area contributed by atoms with Crippen molar-refractivity contribution in [3.63, 3.8) is 0 Å². The summed E-state index contributed by atoms with van der Waals surface area (Å²) in [7, 11) is 0. The van der Waals surface area contributed by atoms with Crippen molar-refractivity contribution in [2.24, 2.45) is 0 Å². The highest BCUT2D eigenvalue weighted by Crippen LogP contribution is 2.26. The lowest BCUT2D eigenvalue weighted by atomic mass is 9.98. The predicted octanol–water partition coefficient (Wildman–Crippen LogP) is 6.93. The van der Waals surface area contributed by atoms with Crippen LogP contribution >= 0.6 is 0 Å². The minimum absolute atomic E-state index is 0.179. The summed E-state index contributed by atoms with van der Waals surface area (Å²) in [6.45, 7) is 2.46. The van der Waals surface area contributed by atoms with Crippen molar-refractivity contribution >= 4 is 11.9 Å². The summed E-state index contributed by atoms with van der Waals surface area (Å²) < 4.78 is 33.3. The van der Waals surface area contributed by atoms with Crippen LogP contribution in [0.4, 0.5) is 0 Å². The van der Waals surface area contributed by atoms with Crippen LogP contribution in [-0.4, -0.2) is 142 Å². The van der Waals surface area contributed by atoms with Gasteiger partial charge < -0.3 is 64.2 Å².